The second-order valence-electron chi connectivity index (χ2n) is 6.98. The molecule has 1 heterocycles. The number of carbonyl (C=O) groups excluding carboxylic acids is 2. The zero-order chi connectivity index (χ0) is 23.2. The SMILES string of the molecule is CCCCNC(=O)NC(=O)CN1CCN(S(=O)(=O)c2ccc(Cl)c(C(F)(F)F)c2)CC1. The number of hydrogen-bond donors (Lipinski definition) is 2. The smallest absolute Gasteiger partial charge is 0.338 e. The molecule has 1 saturated heterocycles. The van der Waals surface area contributed by atoms with Gasteiger partial charge in [0.05, 0.1) is 22.0 Å². The van der Waals surface area contributed by atoms with Crippen molar-refractivity contribution in [3.8, 4) is 0 Å². The standard InChI is InChI=1S/C18H24ClF3N4O4S/c1-2-3-6-23-17(28)24-16(27)12-25-7-9-26(10-8-25)31(29,30)13-4-5-15(19)14(11-13)18(20,21)22/h4-5,11H,2-3,6-10,12H2,1H3,(H2,23,24,27,28). The lowest BCUT2D eigenvalue weighted by molar-refractivity contribution is -0.137. The summed E-state index contributed by atoms with van der Waals surface area (Å²) in [5.41, 5.74) is -1.22. The molecule has 1 aliphatic heterocycles. The van der Waals surface area contributed by atoms with Gasteiger partial charge in [-0.25, -0.2) is 13.2 Å². The van der Waals surface area contributed by atoms with Crippen molar-refractivity contribution in [3.05, 3.63) is 28.8 Å². The largest absolute Gasteiger partial charge is 0.417 e. The molecule has 0 aliphatic carbocycles. The van der Waals surface area contributed by atoms with E-state index in [0.29, 0.717) is 12.6 Å². The van der Waals surface area contributed by atoms with E-state index in [1.54, 1.807) is 4.90 Å². The number of imide groups is 1. The van der Waals surface area contributed by atoms with Crippen molar-refractivity contribution in [2.45, 2.75) is 30.8 Å². The topological polar surface area (TPSA) is 98.8 Å². The van der Waals surface area contributed by atoms with Gasteiger partial charge in [0.25, 0.3) is 0 Å². The van der Waals surface area contributed by atoms with Crippen LogP contribution in [0.15, 0.2) is 23.1 Å². The summed E-state index contributed by atoms with van der Waals surface area (Å²) in [6.07, 6.45) is -3.09. The number of unbranched alkanes of at least 4 members (excludes halogenated alkanes) is 1. The second-order valence-corrected chi connectivity index (χ2v) is 9.32. The minimum absolute atomic E-state index is 0.0116. The molecule has 0 aromatic heterocycles. The third-order valence-electron chi connectivity index (χ3n) is 4.65. The lowest BCUT2D eigenvalue weighted by atomic mass is 10.2. The molecule has 3 amide bonds. The highest BCUT2D eigenvalue weighted by Gasteiger charge is 2.36. The molecule has 13 heteroatoms. The first kappa shape index (κ1) is 25.4. The predicted octanol–water partition coefficient (Wildman–Crippen LogP) is 2.29. The molecule has 31 heavy (non-hydrogen) atoms. The number of halogens is 4. The normalized spacial score (nSPS) is 16.2. The molecule has 0 atom stereocenters. The lowest BCUT2D eigenvalue weighted by Gasteiger charge is -2.33. The number of benzene rings is 1. The zero-order valence-corrected chi connectivity index (χ0v) is 18.4. The number of sulfonamides is 1. The third-order valence-corrected chi connectivity index (χ3v) is 6.87. The number of amides is 3. The highest BCUT2D eigenvalue weighted by atomic mass is 35.5. The van der Waals surface area contributed by atoms with Crippen LogP contribution in [-0.4, -0.2) is 68.8 Å². The summed E-state index contributed by atoms with van der Waals surface area (Å²) in [6.45, 7) is 2.66. The van der Waals surface area contributed by atoms with Crippen LogP contribution >= 0.6 is 11.6 Å². The van der Waals surface area contributed by atoms with Crippen LogP contribution in [0.3, 0.4) is 0 Å². The van der Waals surface area contributed by atoms with Crippen LogP contribution in [0.5, 0.6) is 0 Å². The molecule has 0 radical (unpaired) electrons. The molecular weight excluding hydrogens is 461 g/mol. The molecule has 1 aromatic rings. The van der Waals surface area contributed by atoms with Crippen LogP contribution in [0, 0.1) is 0 Å². The Morgan fingerprint density at radius 2 is 1.81 bits per heavy atom. The van der Waals surface area contributed by atoms with Gasteiger partial charge >= 0.3 is 12.2 Å². The van der Waals surface area contributed by atoms with Gasteiger partial charge in [-0.05, 0) is 24.6 Å². The van der Waals surface area contributed by atoms with E-state index >= 15 is 0 Å². The number of nitrogens with one attached hydrogen (secondary N) is 2. The fourth-order valence-corrected chi connectivity index (χ4v) is 4.62. The molecule has 0 unspecified atom stereocenters. The van der Waals surface area contributed by atoms with Crippen molar-refractivity contribution < 1.29 is 31.2 Å². The first-order valence-corrected chi connectivity index (χ1v) is 11.4. The average Bonchev–Trinajstić information content (AvgIpc) is 2.67. The number of urea groups is 1. The lowest BCUT2D eigenvalue weighted by Crippen LogP contribution is -2.52. The van der Waals surface area contributed by atoms with Gasteiger partial charge in [0.1, 0.15) is 0 Å². The van der Waals surface area contributed by atoms with Crippen molar-refractivity contribution in [1.29, 1.82) is 0 Å². The highest BCUT2D eigenvalue weighted by Crippen LogP contribution is 2.36. The second kappa shape index (κ2) is 10.6. The van der Waals surface area contributed by atoms with Crippen LogP contribution < -0.4 is 10.6 Å². The van der Waals surface area contributed by atoms with E-state index < -0.39 is 43.6 Å². The van der Waals surface area contributed by atoms with E-state index in [2.05, 4.69) is 10.6 Å². The molecule has 0 saturated carbocycles. The van der Waals surface area contributed by atoms with E-state index in [0.717, 1.165) is 29.3 Å². The van der Waals surface area contributed by atoms with Gasteiger partial charge in [-0.15, -0.1) is 0 Å². The number of alkyl halides is 3. The van der Waals surface area contributed by atoms with Gasteiger partial charge in [-0.1, -0.05) is 24.9 Å². The molecule has 0 bridgehead atoms. The molecule has 1 aliphatic rings. The number of carbonyl (C=O) groups is 2. The van der Waals surface area contributed by atoms with Gasteiger partial charge in [0.2, 0.25) is 15.9 Å². The van der Waals surface area contributed by atoms with Gasteiger partial charge < -0.3 is 5.32 Å². The molecule has 8 nitrogen and oxygen atoms in total. The van der Waals surface area contributed by atoms with Crippen molar-refractivity contribution in [1.82, 2.24) is 19.8 Å². The third kappa shape index (κ3) is 7.06. The maximum absolute atomic E-state index is 13.0. The molecule has 0 spiro atoms. The Balaban J connectivity index is 1.93. The maximum Gasteiger partial charge on any atom is 0.417 e. The Kier molecular flexibility index (Phi) is 8.69. The van der Waals surface area contributed by atoms with Crippen LogP contribution in [0.2, 0.25) is 5.02 Å². The summed E-state index contributed by atoms with van der Waals surface area (Å²) < 4.78 is 65.7. The van der Waals surface area contributed by atoms with Crippen LogP contribution in [-0.2, 0) is 21.0 Å². The zero-order valence-electron chi connectivity index (χ0n) is 16.8. The number of nitrogens with zero attached hydrogens (tertiary/aromatic N) is 2. The van der Waals surface area contributed by atoms with E-state index in [4.69, 9.17) is 11.6 Å². The Bertz CT molecular complexity index is 904. The van der Waals surface area contributed by atoms with E-state index in [-0.39, 0.29) is 32.7 Å². The van der Waals surface area contributed by atoms with Crippen LogP contribution in [0.1, 0.15) is 25.3 Å². The van der Waals surface area contributed by atoms with E-state index in [1.807, 2.05) is 6.92 Å². The Labute approximate surface area is 183 Å². The fourth-order valence-electron chi connectivity index (χ4n) is 2.95. The maximum atomic E-state index is 13.0. The summed E-state index contributed by atoms with van der Waals surface area (Å²) in [6, 6.07) is 1.87. The van der Waals surface area contributed by atoms with Crippen molar-refractivity contribution in [2.24, 2.45) is 0 Å². The monoisotopic (exact) mass is 484 g/mol. The fraction of sp³-hybridized carbons (Fsp3) is 0.556. The van der Waals surface area contributed by atoms with Crippen molar-refractivity contribution in [3.63, 3.8) is 0 Å². The van der Waals surface area contributed by atoms with E-state index in [9.17, 15) is 31.2 Å². The summed E-state index contributed by atoms with van der Waals surface area (Å²) in [7, 11) is -4.16. The Morgan fingerprint density at radius 1 is 1.16 bits per heavy atom. The average molecular weight is 485 g/mol. The Morgan fingerprint density at radius 3 is 2.39 bits per heavy atom. The van der Waals surface area contributed by atoms with Crippen molar-refractivity contribution in [2.75, 3.05) is 39.3 Å². The molecule has 174 valence electrons. The first-order chi connectivity index (χ1) is 14.4. The van der Waals surface area contributed by atoms with Gasteiger partial charge in [0.15, 0.2) is 0 Å². The number of piperazine rings is 1. The summed E-state index contributed by atoms with van der Waals surface area (Å²) >= 11 is 5.55. The van der Waals surface area contributed by atoms with Crippen molar-refractivity contribution >= 4 is 33.6 Å². The van der Waals surface area contributed by atoms with Gasteiger partial charge in [-0.2, -0.15) is 17.5 Å². The van der Waals surface area contributed by atoms with Crippen LogP contribution in [0.25, 0.3) is 0 Å². The molecule has 2 rings (SSSR count). The minimum Gasteiger partial charge on any atom is -0.338 e. The number of hydrogen-bond acceptors (Lipinski definition) is 5. The molecule has 2 N–H and O–H groups in total. The van der Waals surface area contributed by atoms with E-state index in [1.165, 1.54) is 0 Å². The molecule has 1 aromatic carbocycles. The van der Waals surface area contributed by atoms with Crippen LogP contribution in [0.4, 0.5) is 18.0 Å². The summed E-state index contributed by atoms with van der Waals surface area (Å²) in [5, 5.41) is 4.16. The number of rotatable bonds is 7. The summed E-state index contributed by atoms with van der Waals surface area (Å²) in [4.78, 5) is 24.7. The first-order valence-electron chi connectivity index (χ1n) is 9.62. The minimum atomic E-state index is -4.78. The highest BCUT2D eigenvalue weighted by molar-refractivity contribution is 7.89. The van der Waals surface area contributed by atoms with Gasteiger partial charge in [-0.3, -0.25) is 15.0 Å². The summed E-state index contributed by atoms with van der Waals surface area (Å²) in [5.74, 6) is -0.530. The quantitative estimate of drug-likeness (QED) is 0.579. The Hall–Kier alpha value is -1.89. The predicted molar refractivity (Wildman–Crippen MR) is 108 cm³/mol. The van der Waals surface area contributed by atoms with Gasteiger partial charge in [0, 0.05) is 32.7 Å². The molecule has 1 fully saturated rings. The molecular formula is C18H24ClF3N4O4S.